The maximum Gasteiger partial charge on any atom is 0.161 e. The van der Waals surface area contributed by atoms with Crippen molar-refractivity contribution in [2.24, 2.45) is 0 Å². The van der Waals surface area contributed by atoms with Crippen molar-refractivity contribution in [1.82, 2.24) is 4.98 Å². The van der Waals surface area contributed by atoms with E-state index in [9.17, 15) is 0 Å². The highest BCUT2D eigenvalue weighted by Crippen LogP contribution is 2.35. The predicted octanol–water partition coefficient (Wildman–Crippen LogP) is 3.91. The second-order valence-corrected chi connectivity index (χ2v) is 5.48. The molecule has 1 aromatic heterocycles. The van der Waals surface area contributed by atoms with Gasteiger partial charge in [0.2, 0.25) is 0 Å². The monoisotopic (exact) mass is 318 g/mol. The average molecular weight is 318 g/mol. The molecule has 4 nitrogen and oxygen atoms in total. The second-order valence-electron chi connectivity index (χ2n) is 5.48. The molecule has 120 valence electrons. The standard InChI is InChI=1S/C20H18N2O2/c1-23-19-11-16-15(8-9-21)13-22-18(17(16)12-20(19)24-2)10-14-6-4-3-5-7-14/h3-7,11-13H,8,10H2,1-2H3. The van der Waals surface area contributed by atoms with Gasteiger partial charge in [0.15, 0.2) is 11.5 Å². The molecule has 0 spiro atoms. The molecular formula is C20H18N2O2. The molecule has 2 aromatic carbocycles. The van der Waals surface area contributed by atoms with Crippen LogP contribution in [-0.4, -0.2) is 19.2 Å². The quantitative estimate of drug-likeness (QED) is 0.716. The van der Waals surface area contributed by atoms with Gasteiger partial charge in [-0.2, -0.15) is 5.26 Å². The second kappa shape index (κ2) is 7.01. The molecule has 24 heavy (non-hydrogen) atoms. The molecule has 0 N–H and O–H groups in total. The highest BCUT2D eigenvalue weighted by Gasteiger charge is 2.13. The molecule has 3 rings (SSSR count). The third-order valence-corrected chi connectivity index (χ3v) is 4.04. The average Bonchev–Trinajstić information content (AvgIpc) is 2.63. The van der Waals surface area contributed by atoms with Gasteiger partial charge in [-0.1, -0.05) is 30.3 Å². The van der Waals surface area contributed by atoms with Gasteiger partial charge in [0, 0.05) is 18.0 Å². The molecule has 0 saturated heterocycles. The van der Waals surface area contributed by atoms with E-state index in [-0.39, 0.29) is 0 Å². The van der Waals surface area contributed by atoms with E-state index < -0.39 is 0 Å². The first-order valence-electron chi connectivity index (χ1n) is 7.70. The van der Waals surface area contributed by atoms with Gasteiger partial charge in [0.05, 0.1) is 32.4 Å². The number of hydrogen-bond acceptors (Lipinski definition) is 4. The van der Waals surface area contributed by atoms with Crippen molar-refractivity contribution in [2.45, 2.75) is 12.8 Å². The molecular weight excluding hydrogens is 300 g/mol. The first kappa shape index (κ1) is 15.8. The van der Waals surface area contributed by atoms with Gasteiger partial charge in [-0.3, -0.25) is 4.98 Å². The van der Waals surface area contributed by atoms with E-state index in [1.165, 1.54) is 5.56 Å². The van der Waals surface area contributed by atoms with Gasteiger partial charge in [-0.05, 0) is 28.6 Å². The molecule has 0 unspecified atom stereocenters. The van der Waals surface area contributed by atoms with Gasteiger partial charge in [0.1, 0.15) is 0 Å². The predicted molar refractivity (Wildman–Crippen MR) is 93.4 cm³/mol. The minimum absolute atomic E-state index is 0.310. The molecule has 0 fully saturated rings. The summed E-state index contributed by atoms with van der Waals surface area (Å²) in [4.78, 5) is 4.60. The maximum atomic E-state index is 9.08. The van der Waals surface area contributed by atoms with Crippen LogP contribution in [0.4, 0.5) is 0 Å². The minimum Gasteiger partial charge on any atom is -0.493 e. The molecule has 4 heteroatoms. The minimum atomic E-state index is 0.310. The molecule has 0 amide bonds. The van der Waals surface area contributed by atoms with Gasteiger partial charge < -0.3 is 9.47 Å². The number of pyridine rings is 1. The number of methoxy groups -OCH3 is 2. The Balaban J connectivity index is 2.19. The van der Waals surface area contributed by atoms with Crippen LogP contribution in [0, 0.1) is 11.3 Å². The summed E-state index contributed by atoms with van der Waals surface area (Å²) in [5, 5.41) is 11.0. The molecule has 0 bridgehead atoms. The highest BCUT2D eigenvalue weighted by molar-refractivity contribution is 5.91. The summed E-state index contributed by atoms with van der Waals surface area (Å²) >= 11 is 0. The zero-order valence-corrected chi connectivity index (χ0v) is 13.7. The lowest BCUT2D eigenvalue weighted by Crippen LogP contribution is -1.99. The smallest absolute Gasteiger partial charge is 0.161 e. The lowest BCUT2D eigenvalue weighted by atomic mass is 9.99. The number of ether oxygens (including phenoxy) is 2. The third-order valence-electron chi connectivity index (χ3n) is 4.04. The SMILES string of the molecule is COc1cc2c(CC#N)cnc(Cc3ccccc3)c2cc1OC. The summed E-state index contributed by atoms with van der Waals surface area (Å²) in [5.74, 6) is 1.32. The Kier molecular flexibility index (Phi) is 4.62. The number of fused-ring (bicyclic) bond motifs is 1. The number of nitrogens with zero attached hydrogens (tertiary/aromatic N) is 2. The lowest BCUT2D eigenvalue weighted by molar-refractivity contribution is 0.356. The zero-order chi connectivity index (χ0) is 16.9. The molecule has 0 atom stereocenters. The van der Waals surface area contributed by atoms with Crippen molar-refractivity contribution in [2.75, 3.05) is 14.2 Å². The van der Waals surface area contributed by atoms with E-state index >= 15 is 0 Å². The fourth-order valence-corrected chi connectivity index (χ4v) is 2.83. The van der Waals surface area contributed by atoms with Crippen molar-refractivity contribution < 1.29 is 9.47 Å². The molecule has 0 aliphatic heterocycles. The van der Waals surface area contributed by atoms with Gasteiger partial charge in [-0.15, -0.1) is 0 Å². The van der Waals surface area contributed by atoms with Crippen LogP contribution >= 0.6 is 0 Å². The van der Waals surface area contributed by atoms with Crippen molar-refractivity contribution >= 4 is 10.8 Å². The summed E-state index contributed by atoms with van der Waals surface area (Å²) < 4.78 is 10.8. The van der Waals surface area contributed by atoms with Crippen LogP contribution in [0.3, 0.4) is 0 Å². The fourth-order valence-electron chi connectivity index (χ4n) is 2.83. The van der Waals surface area contributed by atoms with Gasteiger partial charge in [-0.25, -0.2) is 0 Å². The Morgan fingerprint density at radius 2 is 1.67 bits per heavy atom. The Morgan fingerprint density at radius 3 is 2.29 bits per heavy atom. The van der Waals surface area contributed by atoms with Crippen molar-refractivity contribution in [1.29, 1.82) is 5.26 Å². The number of nitriles is 1. The van der Waals surface area contributed by atoms with E-state index in [1.807, 2.05) is 30.3 Å². The molecule has 0 radical (unpaired) electrons. The van der Waals surface area contributed by atoms with E-state index in [0.29, 0.717) is 17.9 Å². The van der Waals surface area contributed by atoms with Crippen LogP contribution in [0.1, 0.15) is 16.8 Å². The molecule has 0 aliphatic rings. The van der Waals surface area contributed by atoms with Crippen LogP contribution < -0.4 is 9.47 Å². The van der Waals surface area contributed by atoms with Crippen molar-refractivity contribution in [3.63, 3.8) is 0 Å². The van der Waals surface area contributed by atoms with Gasteiger partial charge >= 0.3 is 0 Å². The first-order valence-corrected chi connectivity index (χ1v) is 7.70. The summed E-state index contributed by atoms with van der Waals surface area (Å²) in [7, 11) is 3.23. The van der Waals surface area contributed by atoms with Crippen LogP contribution in [0.25, 0.3) is 10.8 Å². The fraction of sp³-hybridized carbons (Fsp3) is 0.200. The topological polar surface area (TPSA) is 55.1 Å². The molecule has 0 saturated carbocycles. The normalized spacial score (nSPS) is 10.4. The Bertz CT molecular complexity index is 899. The van der Waals surface area contributed by atoms with Crippen molar-refractivity contribution in [3.8, 4) is 17.6 Å². The lowest BCUT2D eigenvalue weighted by Gasteiger charge is -2.14. The largest absolute Gasteiger partial charge is 0.493 e. The van der Waals surface area contributed by atoms with Crippen LogP contribution in [0.15, 0.2) is 48.7 Å². The molecule has 0 aliphatic carbocycles. The molecule has 1 heterocycles. The Labute approximate surface area is 141 Å². The van der Waals surface area contributed by atoms with Gasteiger partial charge in [0.25, 0.3) is 0 Å². The summed E-state index contributed by atoms with van der Waals surface area (Å²) in [6.45, 7) is 0. The van der Waals surface area contributed by atoms with Crippen molar-refractivity contribution in [3.05, 3.63) is 65.5 Å². The Hall–Kier alpha value is -3.06. The number of aromatic nitrogens is 1. The highest BCUT2D eigenvalue weighted by atomic mass is 16.5. The number of hydrogen-bond donors (Lipinski definition) is 0. The van der Waals surface area contributed by atoms with Crippen LogP contribution in [0.2, 0.25) is 0 Å². The third kappa shape index (κ3) is 3.02. The summed E-state index contributed by atoms with van der Waals surface area (Å²) in [6, 6.07) is 16.3. The molecule has 3 aromatic rings. The summed E-state index contributed by atoms with van der Waals surface area (Å²) in [6.07, 6.45) is 2.82. The van der Waals surface area contributed by atoms with E-state index in [0.717, 1.165) is 28.5 Å². The van der Waals surface area contributed by atoms with E-state index in [2.05, 4.69) is 23.2 Å². The number of rotatable bonds is 5. The van der Waals surface area contributed by atoms with E-state index in [1.54, 1.807) is 20.4 Å². The maximum absolute atomic E-state index is 9.08. The number of benzene rings is 2. The summed E-state index contributed by atoms with van der Waals surface area (Å²) in [5.41, 5.74) is 3.04. The van der Waals surface area contributed by atoms with Crippen LogP contribution in [0.5, 0.6) is 11.5 Å². The van der Waals surface area contributed by atoms with Crippen LogP contribution in [-0.2, 0) is 12.8 Å². The first-order chi connectivity index (χ1) is 11.8. The Morgan fingerprint density at radius 1 is 1.00 bits per heavy atom. The zero-order valence-electron chi connectivity index (χ0n) is 13.7. The van der Waals surface area contributed by atoms with E-state index in [4.69, 9.17) is 14.7 Å².